The zero-order valence-electron chi connectivity index (χ0n) is 8.63. The second-order valence-electron chi connectivity index (χ2n) is 3.22. The van der Waals surface area contributed by atoms with Crippen LogP contribution in [-0.4, -0.2) is 11.6 Å². The third-order valence-electron chi connectivity index (χ3n) is 1.94. The molecule has 0 aliphatic heterocycles. The lowest BCUT2D eigenvalue weighted by Crippen LogP contribution is -2.09. The molecule has 1 aromatic carbocycles. The highest BCUT2D eigenvalue weighted by Gasteiger charge is 2.03. The molecule has 0 atom stereocenters. The number of ether oxygens (including phenoxy) is 1. The van der Waals surface area contributed by atoms with Crippen molar-refractivity contribution < 1.29 is 4.74 Å². The van der Waals surface area contributed by atoms with Gasteiger partial charge in [0.05, 0.1) is 6.61 Å². The topological polar surface area (TPSA) is 35.2 Å². The average Bonchev–Trinajstić information content (AvgIpc) is 2.20. The minimum atomic E-state index is 0.359. The molecule has 0 aliphatic carbocycles. The van der Waals surface area contributed by atoms with Crippen molar-refractivity contribution in [1.82, 2.24) is 0 Å². The molecule has 1 aromatic rings. The molecular formula is C11H14ClNOS. The summed E-state index contributed by atoms with van der Waals surface area (Å²) >= 11 is 10.9. The summed E-state index contributed by atoms with van der Waals surface area (Å²) in [7, 11) is 0. The predicted molar refractivity (Wildman–Crippen MR) is 67.3 cm³/mol. The number of thiocarbonyl (C=S) groups is 1. The van der Waals surface area contributed by atoms with E-state index in [1.165, 1.54) is 0 Å². The van der Waals surface area contributed by atoms with Gasteiger partial charge in [-0.25, -0.2) is 0 Å². The normalized spacial score (nSPS) is 10.3. The first-order valence-corrected chi connectivity index (χ1v) is 5.59. The van der Waals surface area contributed by atoms with Crippen molar-refractivity contribution in [3.8, 4) is 0 Å². The summed E-state index contributed by atoms with van der Waals surface area (Å²) < 4.78 is 5.40. The molecule has 0 saturated heterocycles. The Morgan fingerprint density at radius 2 is 2.27 bits per heavy atom. The Bertz CT molecular complexity index is 354. The van der Waals surface area contributed by atoms with E-state index in [9.17, 15) is 0 Å². The molecule has 0 aliphatic rings. The van der Waals surface area contributed by atoms with Gasteiger partial charge in [-0.05, 0) is 18.1 Å². The lowest BCUT2D eigenvalue weighted by molar-refractivity contribution is 0.121. The zero-order chi connectivity index (χ0) is 11.3. The molecule has 0 fully saturated rings. The van der Waals surface area contributed by atoms with Crippen molar-refractivity contribution in [1.29, 1.82) is 0 Å². The predicted octanol–water partition coefficient (Wildman–Crippen LogP) is 2.90. The van der Waals surface area contributed by atoms with Crippen molar-refractivity contribution in [3.05, 3.63) is 34.3 Å². The van der Waals surface area contributed by atoms with E-state index in [1.807, 2.05) is 12.1 Å². The smallest absolute Gasteiger partial charge is 0.104 e. The van der Waals surface area contributed by atoms with Crippen molar-refractivity contribution in [2.24, 2.45) is 5.73 Å². The number of hydrogen-bond acceptors (Lipinski definition) is 2. The lowest BCUT2D eigenvalue weighted by Gasteiger charge is -2.06. The van der Waals surface area contributed by atoms with Crippen molar-refractivity contribution in [2.45, 2.75) is 20.0 Å². The summed E-state index contributed by atoms with van der Waals surface area (Å²) in [6.45, 7) is 3.34. The molecule has 2 nitrogen and oxygen atoms in total. The fourth-order valence-electron chi connectivity index (χ4n) is 1.14. The van der Waals surface area contributed by atoms with Gasteiger partial charge in [-0.15, -0.1) is 0 Å². The summed E-state index contributed by atoms with van der Waals surface area (Å²) in [6, 6.07) is 5.53. The molecule has 0 amide bonds. The van der Waals surface area contributed by atoms with Crippen LogP contribution >= 0.6 is 23.8 Å². The fourth-order valence-corrected chi connectivity index (χ4v) is 1.51. The lowest BCUT2D eigenvalue weighted by atomic mass is 10.1. The maximum atomic E-state index is 6.06. The Labute approximate surface area is 100 Å². The minimum Gasteiger partial charge on any atom is -0.389 e. The fraction of sp³-hybridized carbons (Fsp3) is 0.364. The van der Waals surface area contributed by atoms with E-state index >= 15 is 0 Å². The first kappa shape index (κ1) is 12.4. The van der Waals surface area contributed by atoms with Crippen LogP contribution in [0, 0.1) is 0 Å². The largest absolute Gasteiger partial charge is 0.389 e. The van der Waals surface area contributed by atoms with Crippen LogP contribution in [-0.2, 0) is 11.3 Å². The van der Waals surface area contributed by atoms with Crippen molar-refractivity contribution in [2.75, 3.05) is 6.61 Å². The van der Waals surface area contributed by atoms with Crippen molar-refractivity contribution >= 4 is 28.8 Å². The molecule has 2 N–H and O–H groups in total. The van der Waals surface area contributed by atoms with E-state index in [4.69, 9.17) is 34.3 Å². The molecule has 4 heteroatoms. The standard InChI is InChI=1S/C11H14ClNOS/c1-2-5-14-7-9-4-3-8(11(13)15)6-10(9)12/h3-4,6H,2,5,7H2,1H3,(H2,13,15). The Hall–Kier alpha value is -0.640. The third kappa shape index (κ3) is 3.78. The molecule has 0 spiro atoms. The van der Waals surface area contributed by atoms with E-state index in [2.05, 4.69) is 6.92 Å². The molecule has 0 heterocycles. The van der Waals surface area contributed by atoms with E-state index in [1.54, 1.807) is 6.07 Å². The van der Waals surface area contributed by atoms with Crippen molar-refractivity contribution in [3.63, 3.8) is 0 Å². The second kappa shape index (κ2) is 6.05. The number of benzene rings is 1. The molecule has 0 saturated carbocycles. The van der Waals surface area contributed by atoms with Gasteiger partial charge in [0.2, 0.25) is 0 Å². The molecule has 0 unspecified atom stereocenters. The van der Waals surface area contributed by atoms with Crippen LogP contribution in [0.5, 0.6) is 0 Å². The highest BCUT2D eigenvalue weighted by Crippen LogP contribution is 2.18. The quantitative estimate of drug-likeness (QED) is 0.638. The average molecular weight is 244 g/mol. The van der Waals surface area contributed by atoms with E-state index in [0.717, 1.165) is 24.2 Å². The van der Waals surface area contributed by atoms with Crippen LogP contribution in [0.4, 0.5) is 0 Å². The number of halogens is 1. The highest BCUT2D eigenvalue weighted by molar-refractivity contribution is 7.80. The van der Waals surface area contributed by atoms with E-state index in [0.29, 0.717) is 16.6 Å². The van der Waals surface area contributed by atoms with Crippen LogP contribution in [0.2, 0.25) is 5.02 Å². The monoisotopic (exact) mass is 243 g/mol. The first-order chi connectivity index (χ1) is 7.15. The number of hydrogen-bond donors (Lipinski definition) is 1. The zero-order valence-corrected chi connectivity index (χ0v) is 10.2. The van der Waals surface area contributed by atoms with Crippen LogP contribution in [0.3, 0.4) is 0 Å². The summed E-state index contributed by atoms with van der Waals surface area (Å²) in [5, 5.41) is 0.649. The summed E-state index contributed by atoms with van der Waals surface area (Å²) in [5.74, 6) is 0. The van der Waals surface area contributed by atoms with Gasteiger partial charge in [0.25, 0.3) is 0 Å². The maximum Gasteiger partial charge on any atom is 0.104 e. The third-order valence-corrected chi connectivity index (χ3v) is 2.53. The van der Waals surface area contributed by atoms with Gasteiger partial charge in [0.1, 0.15) is 4.99 Å². The summed E-state index contributed by atoms with van der Waals surface area (Å²) in [5.41, 5.74) is 7.25. The Balaban J connectivity index is 2.70. The molecule has 82 valence electrons. The SMILES string of the molecule is CCCOCc1ccc(C(N)=S)cc1Cl. The minimum absolute atomic E-state index is 0.359. The molecule has 0 aromatic heterocycles. The molecule has 0 radical (unpaired) electrons. The first-order valence-electron chi connectivity index (χ1n) is 4.81. The molecule has 0 bridgehead atoms. The van der Waals surface area contributed by atoms with Gasteiger partial charge in [-0.3, -0.25) is 0 Å². The Morgan fingerprint density at radius 3 is 2.80 bits per heavy atom. The highest BCUT2D eigenvalue weighted by atomic mass is 35.5. The van der Waals surface area contributed by atoms with Gasteiger partial charge >= 0.3 is 0 Å². The van der Waals surface area contributed by atoms with Gasteiger partial charge < -0.3 is 10.5 Å². The van der Waals surface area contributed by atoms with Gasteiger partial charge in [0, 0.05) is 17.2 Å². The Kier molecular flexibility index (Phi) is 5.02. The Morgan fingerprint density at radius 1 is 1.53 bits per heavy atom. The van der Waals surface area contributed by atoms with Gasteiger partial charge in [0.15, 0.2) is 0 Å². The summed E-state index contributed by atoms with van der Waals surface area (Å²) in [6.07, 6.45) is 1.00. The van der Waals surface area contributed by atoms with Crippen LogP contribution in [0.15, 0.2) is 18.2 Å². The van der Waals surface area contributed by atoms with Gasteiger partial charge in [-0.2, -0.15) is 0 Å². The maximum absolute atomic E-state index is 6.06. The van der Waals surface area contributed by atoms with E-state index < -0.39 is 0 Å². The molecular weight excluding hydrogens is 230 g/mol. The van der Waals surface area contributed by atoms with Gasteiger partial charge in [-0.1, -0.05) is 42.9 Å². The molecule has 15 heavy (non-hydrogen) atoms. The number of nitrogens with two attached hydrogens (primary N) is 1. The van der Waals surface area contributed by atoms with E-state index in [-0.39, 0.29) is 0 Å². The van der Waals surface area contributed by atoms with Crippen LogP contribution in [0.25, 0.3) is 0 Å². The summed E-state index contributed by atoms with van der Waals surface area (Å²) in [4.78, 5) is 0.359. The molecule has 1 rings (SSSR count). The second-order valence-corrected chi connectivity index (χ2v) is 4.07. The van der Waals surface area contributed by atoms with Crippen LogP contribution < -0.4 is 5.73 Å². The van der Waals surface area contributed by atoms with Crippen LogP contribution in [0.1, 0.15) is 24.5 Å². The number of rotatable bonds is 5.